The predicted octanol–water partition coefficient (Wildman–Crippen LogP) is 9.88. The van der Waals surface area contributed by atoms with Gasteiger partial charge in [0.2, 0.25) is 0 Å². The Labute approximate surface area is 315 Å². The summed E-state index contributed by atoms with van der Waals surface area (Å²) in [4.78, 5) is 34.3. The average Bonchev–Trinajstić information content (AvgIpc) is 3.08. The molecule has 0 aliphatic carbocycles. The number of unbranched alkanes of at least 4 members (excludes halogenated alkanes) is 9. The molecule has 7 heteroatoms. The zero-order valence-electron chi connectivity index (χ0n) is 33.9. The molecule has 0 aromatic rings. The maximum atomic E-state index is 11.4. The topological polar surface area (TPSA) is 120 Å². The van der Waals surface area contributed by atoms with Crippen LogP contribution in [0.4, 0.5) is 0 Å². The van der Waals surface area contributed by atoms with Gasteiger partial charge in [-0.2, -0.15) is 0 Å². The van der Waals surface area contributed by atoms with Crippen LogP contribution >= 0.6 is 0 Å². The normalized spacial score (nSPS) is 11.4. The summed E-state index contributed by atoms with van der Waals surface area (Å²) in [7, 11) is 0. The van der Waals surface area contributed by atoms with Crippen molar-refractivity contribution in [1.82, 2.24) is 0 Å². The standard InChI is InChI=1S/3C14H28O2.Fe/c3*1-4-7-10-14(13(15)16,11-8-5-2)12-9-6-3;/h3*4-12H2,1-3H3,(H,15,16);/q;;;+3/p-3. The van der Waals surface area contributed by atoms with Gasteiger partial charge in [0.05, 0.1) is 0 Å². The van der Waals surface area contributed by atoms with E-state index in [9.17, 15) is 29.7 Å². The van der Waals surface area contributed by atoms with Crippen molar-refractivity contribution in [1.29, 1.82) is 0 Å². The fourth-order valence-electron chi connectivity index (χ4n) is 6.68. The van der Waals surface area contributed by atoms with Crippen LogP contribution in [-0.2, 0) is 31.5 Å². The van der Waals surface area contributed by atoms with Crippen molar-refractivity contribution in [3.63, 3.8) is 0 Å². The summed E-state index contributed by atoms with van der Waals surface area (Å²) in [5.74, 6) is -2.45. The molecule has 6 nitrogen and oxygen atoms in total. The van der Waals surface area contributed by atoms with Gasteiger partial charge in [0.25, 0.3) is 0 Å². The number of carboxylic acid groups (broad SMARTS) is 3. The molecule has 293 valence electrons. The van der Waals surface area contributed by atoms with Crippen LogP contribution in [0.2, 0.25) is 0 Å². The molecule has 0 saturated carbocycles. The molecule has 0 aromatic carbocycles. The minimum absolute atomic E-state index is 0. The Morgan fingerprint density at radius 3 is 0.469 bits per heavy atom. The molecule has 0 rings (SSSR count). The Kier molecular flexibility index (Phi) is 39.4. The van der Waals surface area contributed by atoms with Crippen molar-refractivity contribution in [3.05, 3.63) is 0 Å². The van der Waals surface area contributed by atoms with Gasteiger partial charge >= 0.3 is 17.1 Å². The number of carboxylic acids is 3. The van der Waals surface area contributed by atoms with Crippen LogP contribution in [0.3, 0.4) is 0 Å². The third kappa shape index (κ3) is 24.7. The molecule has 0 amide bonds. The van der Waals surface area contributed by atoms with E-state index in [2.05, 4.69) is 62.3 Å². The summed E-state index contributed by atoms with van der Waals surface area (Å²) in [6, 6.07) is 0. The van der Waals surface area contributed by atoms with Crippen LogP contribution in [0.15, 0.2) is 0 Å². The summed E-state index contributed by atoms with van der Waals surface area (Å²) < 4.78 is 0. The van der Waals surface area contributed by atoms with Crippen LogP contribution < -0.4 is 15.3 Å². The number of hydrogen-bond donors (Lipinski definition) is 0. The van der Waals surface area contributed by atoms with Crippen molar-refractivity contribution in [2.75, 3.05) is 0 Å². The maximum Gasteiger partial charge on any atom is 3.00 e. The van der Waals surface area contributed by atoms with Gasteiger partial charge in [-0.3, -0.25) is 0 Å². The summed E-state index contributed by atoms with van der Waals surface area (Å²) in [6.07, 6.45) is 25.8. The number of carbonyl (C=O) groups excluding carboxylic acids is 3. The van der Waals surface area contributed by atoms with E-state index in [1.165, 1.54) is 0 Å². The van der Waals surface area contributed by atoms with E-state index in [0.717, 1.165) is 173 Å². The second-order valence-corrected chi connectivity index (χ2v) is 14.6. The molecule has 0 N–H and O–H groups in total. The van der Waals surface area contributed by atoms with Gasteiger partial charge in [0.15, 0.2) is 0 Å². The van der Waals surface area contributed by atoms with Gasteiger partial charge < -0.3 is 29.7 Å². The third-order valence-electron chi connectivity index (χ3n) is 10.4. The first-order valence-corrected chi connectivity index (χ1v) is 20.5. The first-order chi connectivity index (χ1) is 22.9. The number of rotatable bonds is 30. The van der Waals surface area contributed by atoms with Gasteiger partial charge in [0.1, 0.15) is 0 Å². The van der Waals surface area contributed by atoms with Gasteiger partial charge in [0, 0.05) is 34.2 Å². The summed E-state index contributed by atoms with van der Waals surface area (Å²) in [6.45, 7) is 19.0. The first-order valence-electron chi connectivity index (χ1n) is 20.5. The zero-order chi connectivity index (χ0) is 37.3. The van der Waals surface area contributed by atoms with Crippen molar-refractivity contribution in [2.45, 2.75) is 236 Å². The molecule has 0 bridgehead atoms. The van der Waals surface area contributed by atoms with Crippen molar-refractivity contribution < 1.29 is 46.8 Å². The fourth-order valence-corrected chi connectivity index (χ4v) is 6.68. The first kappa shape index (κ1) is 54.7. The molecule has 0 fully saturated rings. The van der Waals surface area contributed by atoms with E-state index in [0.29, 0.717) is 0 Å². The maximum absolute atomic E-state index is 11.4. The van der Waals surface area contributed by atoms with E-state index < -0.39 is 34.2 Å². The Bertz CT molecular complexity index is 603. The largest absolute Gasteiger partial charge is 3.00 e. The average molecular weight is 738 g/mol. The van der Waals surface area contributed by atoms with E-state index >= 15 is 0 Å². The summed E-state index contributed by atoms with van der Waals surface area (Å²) in [5.41, 5.74) is -1.62. The Morgan fingerprint density at radius 1 is 0.306 bits per heavy atom. The van der Waals surface area contributed by atoms with Crippen molar-refractivity contribution in [2.24, 2.45) is 16.2 Å². The minimum atomic E-state index is -0.817. The van der Waals surface area contributed by atoms with E-state index in [1.807, 2.05) is 0 Å². The Hall–Kier alpha value is -1.07. The van der Waals surface area contributed by atoms with Crippen LogP contribution in [-0.4, -0.2) is 17.9 Å². The number of carbonyl (C=O) groups is 3. The second-order valence-electron chi connectivity index (χ2n) is 14.6. The van der Waals surface area contributed by atoms with E-state index in [4.69, 9.17) is 0 Å². The van der Waals surface area contributed by atoms with Crippen LogP contribution in [0.5, 0.6) is 0 Å². The molecular weight excluding hydrogens is 656 g/mol. The zero-order valence-corrected chi connectivity index (χ0v) is 35.0. The third-order valence-corrected chi connectivity index (χ3v) is 10.4. The number of aliphatic carboxylic acids is 3. The molecule has 0 aliphatic rings. The Morgan fingerprint density at radius 2 is 0.408 bits per heavy atom. The molecule has 0 heterocycles. The molecule has 0 spiro atoms. The molecule has 49 heavy (non-hydrogen) atoms. The van der Waals surface area contributed by atoms with Gasteiger partial charge in [-0.05, 0) is 57.8 Å². The van der Waals surface area contributed by atoms with Crippen LogP contribution in [0.1, 0.15) is 236 Å². The van der Waals surface area contributed by atoms with Gasteiger partial charge in [-0.15, -0.1) is 0 Å². The quantitative estimate of drug-likeness (QED) is 0.0677. The van der Waals surface area contributed by atoms with Crippen molar-refractivity contribution in [3.8, 4) is 0 Å². The van der Waals surface area contributed by atoms with Crippen molar-refractivity contribution >= 4 is 17.9 Å². The molecular formula is C42H81FeO6. The monoisotopic (exact) mass is 738 g/mol. The molecule has 0 aromatic heterocycles. The SMILES string of the molecule is CCCCC(CCCC)(CCCC)C(=O)[O-].CCCCC(CCCC)(CCCC)C(=O)[O-].CCCCC(CCCC)(CCCC)C(=O)[O-].[Fe+3]. The number of hydrogen-bond acceptors (Lipinski definition) is 6. The van der Waals surface area contributed by atoms with Crippen LogP contribution in [0, 0.1) is 16.2 Å². The molecule has 0 aliphatic heterocycles. The summed E-state index contributed by atoms with van der Waals surface area (Å²) in [5, 5.41) is 34.3. The fraction of sp³-hybridized carbons (Fsp3) is 0.929. The van der Waals surface area contributed by atoms with E-state index in [-0.39, 0.29) is 17.1 Å². The Balaban J connectivity index is -0.000000307. The molecule has 0 unspecified atom stereocenters. The predicted molar refractivity (Wildman–Crippen MR) is 198 cm³/mol. The second kappa shape index (κ2) is 35.3. The molecule has 0 atom stereocenters. The summed E-state index contributed by atoms with van der Waals surface area (Å²) >= 11 is 0. The van der Waals surface area contributed by atoms with Crippen LogP contribution in [0.25, 0.3) is 0 Å². The minimum Gasteiger partial charge on any atom is -0.550 e. The molecule has 0 saturated heterocycles. The van der Waals surface area contributed by atoms with Gasteiger partial charge in [-0.1, -0.05) is 178 Å². The van der Waals surface area contributed by atoms with Gasteiger partial charge in [-0.25, -0.2) is 0 Å². The molecule has 1 radical (unpaired) electrons. The smallest absolute Gasteiger partial charge is 0.550 e. The van der Waals surface area contributed by atoms with E-state index in [1.54, 1.807) is 0 Å².